The van der Waals surface area contributed by atoms with Crippen LogP contribution in [0.15, 0.2) is 24.4 Å². The molecule has 0 aliphatic carbocycles. The fourth-order valence-corrected chi connectivity index (χ4v) is 5.35. The van der Waals surface area contributed by atoms with Gasteiger partial charge < -0.3 is 9.64 Å². The van der Waals surface area contributed by atoms with Crippen molar-refractivity contribution in [3.05, 3.63) is 30.2 Å². The van der Waals surface area contributed by atoms with E-state index in [-0.39, 0.29) is 17.0 Å². The molecule has 0 saturated carbocycles. The Labute approximate surface area is 159 Å². The van der Waals surface area contributed by atoms with Crippen molar-refractivity contribution in [3.8, 4) is 5.75 Å². The van der Waals surface area contributed by atoms with E-state index in [0.717, 1.165) is 62.0 Å². The smallest absolute Gasteiger partial charge is 0.165 e. The summed E-state index contributed by atoms with van der Waals surface area (Å²) in [6, 6.07) is 5.08. The van der Waals surface area contributed by atoms with E-state index in [1.54, 1.807) is 12.3 Å². The minimum atomic E-state index is -2.63. The van der Waals surface area contributed by atoms with Gasteiger partial charge in [-0.2, -0.15) is 0 Å². The molecule has 2 aliphatic rings. The molecule has 3 heterocycles. The number of pyridine rings is 1. The van der Waals surface area contributed by atoms with Gasteiger partial charge >= 0.3 is 0 Å². The van der Waals surface area contributed by atoms with Crippen LogP contribution in [0.25, 0.3) is 10.9 Å². The molecule has 1 aromatic heterocycles. The summed E-state index contributed by atoms with van der Waals surface area (Å²) in [4.78, 5) is 6.65. The molecule has 2 aromatic rings. The molecule has 27 heavy (non-hydrogen) atoms. The van der Waals surface area contributed by atoms with Crippen LogP contribution < -0.4 is 9.64 Å². The third-order valence-corrected chi connectivity index (χ3v) is 7.35. The van der Waals surface area contributed by atoms with Crippen molar-refractivity contribution in [3.63, 3.8) is 0 Å². The van der Waals surface area contributed by atoms with Crippen LogP contribution in [0, 0.1) is 16.0 Å². The normalized spacial score (nSPS) is 22.3. The molecule has 0 radical (unpaired) electrons. The molecule has 2 saturated heterocycles. The highest BCUT2D eigenvalue weighted by Crippen LogP contribution is 2.43. The maximum Gasteiger partial charge on any atom is 0.165 e. The second-order valence-corrected chi connectivity index (χ2v) is 9.86. The summed E-state index contributed by atoms with van der Waals surface area (Å²) in [6.45, 7) is 3.21. The number of aromatic nitrogens is 1. The van der Waals surface area contributed by atoms with Gasteiger partial charge in [-0.05, 0) is 36.8 Å². The van der Waals surface area contributed by atoms with E-state index in [9.17, 15) is 8.60 Å². The van der Waals surface area contributed by atoms with Crippen LogP contribution in [0.3, 0.4) is 0 Å². The molecule has 8 heteroatoms. The number of hydrogen-bond donors (Lipinski definition) is 1. The van der Waals surface area contributed by atoms with Crippen LogP contribution in [0.1, 0.15) is 19.3 Å². The molecule has 1 spiro atoms. The molecule has 1 aromatic carbocycles. The van der Waals surface area contributed by atoms with E-state index in [4.69, 9.17) is 9.52 Å². The van der Waals surface area contributed by atoms with Gasteiger partial charge in [0.25, 0.3) is 0 Å². The number of rotatable bonds is 3. The van der Waals surface area contributed by atoms with Crippen LogP contribution >= 0.6 is 0 Å². The summed E-state index contributed by atoms with van der Waals surface area (Å²) < 4.78 is 41.0. The lowest BCUT2D eigenvalue weighted by Gasteiger charge is -2.40. The Morgan fingerprint density at radius 3 is 2.59 bits per heavy atom. The van der Waals surface area contributed by atoms with Gasteiger partial charge in [0, 0.05) is 55.8 Å². The molecule has 0 amide bonds. The number of methoxy groups -OCH3 is 1. The molecule has 2 aliphatic heterocycles. The number of fused-ring (bicyclic) bond motifs is 1. The Hall–Kier alpha value is -1.93. The van der Waals surface area contributed by atoms with Crippen LogP contribution in [0.5, 0.6) is 5.75 Å². The van der Waals surface area contributed by atoms with Gasteiger partial charge in [0.2, 0.25) is 0 Å². The predicted molar refractivity (Wildman–Crippen MR) is 105 cm³/mol. The van der Waals surface area contributed by atoms with Crippen LogP contribution in [-0.4, -0.2) is 53.0 Å². The van der Waals surface area contributed by atoms with Gasteiger partial charge in [-0.1, -0.05) is 0 Å². The topological polar surface area (TPSA) is 69.5 Å². The molecule has 4 rings (SSSR count). The predicted octanol–water partition coefficient (Wildman–Crippen LogP) is 3.27. The number of ether oxygens (including phenoxy) is 1. The highest BCUT2D eigenvalue weighted by atomic mass is 32.2. The van der Waals surface area contributed by atoms with E-state index >= 15 is 0 Å². The van der Waals surface area contributed by atoms with Crippen LogP contribution in [0.4, 0.5) is 10.1 Å². The number of nitrogens with zero attached hydrogens (tertiary/aromatic N) is 3. The van der Waals surface area contributed by atoms with Crippen molar-refractivity contribution in [2.75, 3.05) is 44.4 Å². The Kier molecular flexibility index (Phi) is 4.50. The monoisotopic (exact) mass is 392 g/mol. The summed E-state index contributed by atoms with van der Waals surface area (Å²) in [5.41, 5.74) is 1.86. The lowest BCUT2D eigenvalue weighted by molar-refractivity contribution is 0.236. The van der Waals surface area contributed by atoms with Gasteiger partial charge in [-0.3, -0.25) is 4.98 Å². The van der Waals surface area contributed by atoms with E-state index in [2.05, 4.69) is 9.88 Å². The van der Waals surface area contributed by atoms with Crippen molar-refractivity contribution < 1.29 is 13.3 Å². The number of halogens is 1. The van der Waals surface area contributed by atoms with Gasteiger partial charge in [0.05, 0.1) is 12.6 Å². The van der Waals surface area contributed by atoms with Crippen molar-refractivity contribution >= 4 is 26.5 Å². The fourth-order valence-electron chi connectivity index (χ4n) is 4.39. The zero-order valence-electron chi connectivity index (χ0n) is 15.7. The molecule has 6 nitrogen and oxygen atoms in total. The minimum absolute atomic E-state index is 0.146. The van der Waals surface area contributed by atoms with Crippen molar-refractivity contribution in [2.45, 2.75) is 19.3 Å². The van der Waals surface area contributed by atoms with E-state index in [1.165, 1.54) is 19.4 Å². The highest BCUT2D eigenvalue weighted by molar-refractivity contribution is 7.89. The van der Waals surface area contributed by atoms with Crippen LogP contribution in [-0.2, 0) is 9.92 Å². The number of piperidine rings is 1. The number of anilines is 1. The lowest BCUT2D eigenvalue weighted by atomic mass is 9.77. The van der Waals surface area contributed by atoms with Gasteiger partial charge in [-0.25, -0.2) is 17.7 Å². The first-order valence-electron chi connectivity index (χ1n) is 9.17. The molecule has 146 valence electrons. The first-order valence-corrected chi connectivity index (χ1v) is 11.1. The number of benzene rings is 1. The molecule has 1 N–H and O–H groups in total. The molecular formula is C19H25FN4O2S. The largest absolute Gasteiger partial charge is 0.494 e. The summed E-state index contributed by atoms with van der Waals surface area (Å²) >= 11 is 0. The second-order valence-electron chi connectivity index (χ2n) is 7.74. The SMILES string of the molecule is COc1cc2nccc(N3CCC4(CC3)CCN([S@@](C)(=N)=O)C4)c2cc1F. The lowest BCUT2D eigenvalue weighted by Crippen LogP contribution is -2.42. The first kappa shape index (κ1) is 18.4. The van der Waals surface area contributed by atoms with Crippen molar-refractivity contribution in [1.82, 2.24) is 9.29 Å². The van der Waals surface area contributed by atoms with Crippen molar-refractivity contribution in [2.24, 2.45) is 5.41 Å². The Morgan fingerprint density at radius 2 is 1.96 bits per heavy atom. The maximum atomic E-state index is 14.2. The average molecular weight is 392 g/mol. The second kappa shape index (κ2) is 6.60. The summed E-state index contributed by atoms with van der Waals surface area (Å²) in [5.74, 6) is -0.179. The Balaban J connectivity index is 1.56. The Morgan fingerprint density at radius 1 is 1.26 bits per heavy atom. The molecular weight excluding hydrogens is 367 g/mol. The molecule has 0 unspecified atom stereocenters. The molecule has 0 bridgehead atoms. The zero-order chi connectivity index (χ0) is 19.2. The van der Waals surface area contributed by atoms with Crippen molar-refractivity contribution in [1.29, 1.82) is 4.78 Å². The highest BCUT2D eigenvalue weighted by Gasteiger charge is 2.42. The van der Waals surface area contributed by atoms with E-state index < -0.39 is 9.92 Å². The summed E-state index contributed by atoms with van der Waals surface area (Å²) in [6.07, 6.45) is 6.23. The fraction of sp³-hybridized carbons (Fsp3) is 0.526. The van der Waals surface area contributed by atoms with Crippen LogP contribution in [0.2, 0.25) is 0 Å². The van der Waals surface area contributed by atoms with Gasteiger partial charge in [0.15, 0.2) is 11.6 Å². The average Bonchev–Trinajstić information content (AvgIpc) is 3.06. The first-order chi connectivity index (χ1) is 12.8. The number of nitrogens with one attached hydrogen (secondary N) is 1. The Bertz CT molecular complexity index is 971. The van der Waals surface area contributed by atoms with E-state index in [1.807, 2.05) is 10.4 Å². The molecule has 1 atom stereocenters. The minimum Gasteiger partial charge on any atom is -0.494 e. The third kappa shape index (κ3) is 3.36. The van der Waals surface area contributed by atoms with E-state index in [0.29, 0.717) is 0 Å². The van der Waals surface area contributed by atoms with Gasteiger partial charge in [-0.15, -0.1) is 0 Å². The quantitative estimate of drug-likeness (QED) is 0.870. The summed E-state index contributed by atoms with van der Waals surface area (Å²) in [5, 5.41) is 0.794. The zero-order valence-corrected chi connectivity index (χ0v) is 16.5. The van der Waals surface area contributed by atoms with Gasteiger partial charge in [0.1, 0.15) is 9.92 Å². The third-order valence-electron chi connectivity index (χ3n) is 6.05. The standard InChI is InChI=1S/C19H25FN4O2S/c1-26-18-12-16-14(11-15(18)20)17(3-7-22-16)23-8-4-19(5-9-23)6-10-24(13-19)27(2,21)25/h3,7,11-12,21H,4-6,8-10,13H2,1-2H3/t27-/m1/s1. The summed E-state index contributed by atoms with van der Waals surface area (Å²) in [7, 11) is -1.17. The molecule has 2 fully saturated rings. The maximum absolute atomic E-state index is 14.2. The number of hydrogen-bond acceptors (Lipinski definition) is 5.